The van der Waals surface area contributed by atoms with Gasteiger partial charge in [0.05, 0.1) is 11.3 Å². The van der Waals surface area contributed by atoms with Crippen molar-refractivity contribution in [1.82, 2.24) is 0 Å². The molecule has 0 aromatic heterocycles. The molecule has 21 heavy (non-hydrogen) atoms. The van der Waals surface area contributed by atoms with Crippen LogP contribution >= 0.6 is 15.9 Å². The summed E-state index contributed by atoms with van der Waals surface area (Å²) in [5.74, 6) is -0.667. The number of anilines is 2. The fourth-order valence-electron chi connectivity index (χ4n) is 1.78. The van der Waals surface area contributed by atoms with Gasteiger partial charge in [-0.3, -0.25) is 4.79 Å². The lowest BCUT2D eigenvalue weighted by Crippen LogP contribution is -2.16. The number of nitrogen functional groups attached to an aromatic ring is 1. The van der Waals surface area contributed by atoms with Crippen LogP contribution in [0.3, 0.4) is 0 Å². The highest BCUT2D eigenvalue weighted by atomic mass is 79.9. The molecule has 2 aromatic rings. The molecule has 2 aromatic carbocycles. The highest BCUT2D eigenvalue weighted by Gasteiger charge is 2.33. The van der Waals surface area contributed by atoms with Gasteiger partial charge in [-0.2, -0.15) is 13.2 Å². The monoisotopic (exact) mass is 358 g/mol. The fourth-order valence-corrected chi connectivity index (χ4v) is 2.29. The van der Waals surface area contributed by atoms with Crippen molar-refractivity contribution in [3.8, 4) is 0 Å². The molecule has 0 aliphatic carbocycles. The maximum absolute atomic E-state index is 12.9. The van der Waals surface area contributed by atoms with Crippen LogP contribution in [-0.4, -0.2) is 5.91 Å². The van der Waals surface area contributed by atoms with Gasteiger partial charge in [-0.05, 0) is 30.3 Å². The van der Waals surface area contributed by atoms with Gasteiger partial charge in [0.1, 0.15) is 0 Å². The summed E-state index contributed by atoms with van der Waals surface area (Å²) in [7, 11) is 0. The van der Waals surface area contributed by atoms with Crippen molar-refractivity contribution in [3.05, 3.63) is 58.1 Å². The van der Waals surface area contributed by atoms with Crippen molar-refractivity contribution >= 4 is 33.2 Å². The lowest BCUT2D eigenvalue weighted by Gasteiger charge is -2.13. The molecule has 0 radical (unpaired) electrons. The molecule has 0 saturated heterocycles. The summed E-state index contributed by atoms with van der Waals surface area (Å²) in [6.45, 7) is 0. The number of para-hydroxylation sites is 1. The molecule has 0 heterocycles. The molecule has 110 valence electrons. The summed E-state index contributed by atoms with van der Waals surface area (Å²) >= 11 is 3.17. The molecule has 0 fully saturated rings. The molecule has 0 atom stereocenters. The van der Waals surface area contributed by atoms with Crippen molar-refractivity contribution < 1.29 is 18.0 Å². The van der Waals surface area contributed by atoms with E-state index in [1.807, 2.05) is 0 Å². The predicted molar refractivity (Wildman–Crippen MR) is 78.0 cm³/mol. The number of nitrogens with one attached hydrogen (secondary N) is 1. The Bertz CT molecular complexity index is 666. The van der Waals surface area contributed by atoms with Gasteiger partial charge in [0.2, 0.25) is 0 Å². The van der Waals surface area contributed by atoms with Crippen LogP contribution in [0, 0.1) is 0 Å². The maximum Gasteiger partial charge on any atom is 0.418 e. The molecule has 1 amide bonds. The third-order valence-corrected chi connectivity index (χ3v) is 3.12. The number of alkyl halides is 3. The average Bonchev–Trinajstić information content (AvgIpc) is 2.37. The van der Waals surface area contributed by atoms with Crippen molar-refractivity contribution in [3.63, 3.8) is 0 Å². The summed E-state index contributed by atoms with van der Waals surface area (Å²) in [6.07, 6.45) is -4.54. The number of amides is 1. The van der Waals surface area contributed by atoms with Crippen LogP contribution in [0.25, 0.3) is 0 Å². The van der Waals surface area contributed by atoms with Crippen molar-refractivity contribution in [2.45, 2.75) is 6.18 Å². The first-order chi connectivity index (χ1) is 9.77. The number of carbonyl (C=O) groups excluding carboxylic acids is 1. The number of benzene rings is 2. The fraction of sp³-hybridized carbons (Fsp3) is 0.0714. The molecule has 0 saturated carbocycles. The molecule has 7 heteroatoms. The zero-order valence-corrected chi connectivity index (χ0v) is 12.1. The van der Waals surface area contributed by atoms with E-state index in [0.717, 1.165) is 6.07 Å². The summed E-state index contributed by atoms with van der Waals surface area (Å²) in [6, 6.07) is 9.22. The topological polar surface area (TPSA) is 55.1 Å². The highest BCUT2D eigenvalue weighted by Crippen LogP contribution is 2.34. The molecule has 0 aliphatic heterocycles. The number of halogens is 4. The largest absolute Gasteiger partial charge is 0.418 e. The molecule has 3 nitrogen and oxygen atoms in total. The van der Waals surface area contributed by atoms with Crippen LogP contribution < -0.4 is 11.1 Å². The number of carbonyl (C=O) groups is 1. The molecule has 0 spiro atoms. The van der Waals surface area contributed by atoms with Gasteiger partial charge in [-0.1, -0.05) is 28.1 Å². The maximum atomic E-state index is 12.9. The molecule has 2 rings (SSSR count). The summed E-state index contributed by atoms with van der Waals surface area (Å²) < 4.78 is 39.1. The molecular formula is C14H10BrF3N2O. The first-order valence-electron chi connectivity index (χ1n) is 5.81. The number of hydrogen-bond donors (Lipinski definition) is 2. The Labute approximate surface area is 127 Å². The van der Waals surface area contributed by atoms with Gasteiger partial charge < -0.3 is 11.1 Å². The van der Waals surface area contributed by atoms with E-state index < -0.39 is 17.6 Å². The van der Waals surface area contributed by atoms with Crippen LogP contribution in [0.2, 0.25) is 0 Å². The Morgan fingerprint density at radius 2 is 1.81 bits per heavy atom. The molecule has 0 unspecified atom stereocenters. The summed E-state index contributed by atoms with van der Waals surface area (Å²) in [5.41, 5.74) is 4.90. The van der Waals surface area contributed by atoms with E-state index in [4.69, 9.17) is 5.73 Å². The van der Waals surface area contributed by atoms with E-state index in [0.29, 0.717) is 10.2 Å². The standard InChI is InChI=1S/C14H10BrF3N2O/c15-9-5-8(6-10(19)7-9)13(21)20-12-4-2-1-3-11(12)14(16,17)18/h1-7H,19H2,(H,20,21). The number of hydrogen-bond acceptors (Lipinski definition) is 2. The lowest BCUT2D eigenvalue weighted by molar-refractivity contribution is -0.136. The van der Waals surface area contributed by atoms with Gasteiger partial charge >= 0.3 is 6.18 Å². The Morgan fingerprint density at radius 1 is 1.14 bits per heavy atom. The van der Waals surface area contributed by atoms with E-state index in [2.05, 4.69) is 21.2 Å². The van der Waals surface area contributed by atoms with Crippen LogP contribution in [0.4, 0.5) is 24.5 Å². The second-order valence-electron chi connectivity index (χ2n) is 4.27. The smallest absolute Gasteiger partial charge is 0.399 e. The first kappa shape index (κ1) is 15.4. The zero-order chi connectivity index (χ0) is 15.6. The van der Waals surface area contributed by atoms with Gasteiger partial charge in [0.25, 0.3) is 5.91 Å². The number of rotatable bonds is 2. The summed E-state index contributed by atoms with van der Waals surface area (Å²) in [5, 5.41) is 2.25. The molecule has 0 bridgehead atoms. The quantitative estimate of drug-likeness (QED) is 0.786. The van der Waals surface area contributed by atoms with Crippen LogP contribution in [-0.2, 0) is 6.18 Å². The zero-order valence-electron chi connectivity index (χ0n) is 10.5. The van der Waals surface area contributed by atoms with Gasteiger partial charge in [-0.15, -0.1) is 0 Å². The first-order valence-corrected chi connectivity index (χ1v) is 6.60. The molecule has 0 aliphatic rings. The van der Waals surface area contributed by atoms with Crippen LogP contribution in [0.5, 0.6) is 0 Å². The second kappa shape index (κ2) is 5.77. The number of nitrogens with two attached hydrogens (primary N) is 1. The normalized spacial score (nSPS) is 11.2. The predicted octanol–water partition coefficient (Wildman–Crippen LogP) is 4.30. The van der Waals surface area contributed by atoms with Crippen molar-refractivity contribution in [1.29, 1.82) is 0 Å². The van der Waals surface area contributed by atoms with E-state index in [-0.39, 0.29) is 11.3 Å². The van der Waals surface area contributed by atoms with Crippen molar-refractivity contribution in [2.24, 2.45) is 0 Å². The Balaban J connectivity index is 2.32. The Kier molecular flexibility index (Phi) is 4.22. The Morgan fingerprint density at radius 3 is 2.43 bits per heavy atom. The second-order valence-corrected chi connectivity index (χ2v) is 5.19. The lowest BCUT2D eigenvalue weighted by atomic mass is 10.1. The minimum atomic E-state index is -4.54. The van der Waals surface area contributed by atoms with E-state index in [9.17, 15) is 18.0 Å². The minimum absolute atomic E-state index is 0.166. The minimum Gasteiger partial charge on any atom is -0.399 e. The molecular weight excluding hydrogens is 349 g/mol. The van der Waals surface area contributed by atoms with E-state index in [1.165, 1.54) is 30.3 Å². The highest BCUT2D eigenvalue weighted by molar-refractivity contribution is 9.10. The van der Waals surface area contributed by atoms with E-state index in [1.54, 1.807) is 6.07 Å². The SMILES string of the molecule is Nc1cc(Br)cc(C(=O)Nc2ccccc2C(F)(F)F)c1. The Hall–Kier alpha value is -2.02. The van der Waals surface area contributed by atoms with Crippen LogP contribution in [0.15, 0.2) is 46.9 Å². The van der Waals surface area contributed by atoms with Crippen molar-refractivity contribution in [2.75, 3.05) is 11.1 Å². The third-order valence-electron chi connectivity index (χ3n) is 2.66. The van der Waals surface area contributed by atoms with Gasteiger partial charge in [-0.25, -0.2) is 0 Å². The van der Waals surface area contributed by atoms with Gasteiger partial charge in [0, 0.05) is 15.7 Å². The molecule has 3 N–H and O–H groups in total. The van der Waals surface area contributed by atoms with E-state index >= 15 is 0 Å². The average molecular weight is 359 g/mol. The third kappa shape index (κ3) is 3.75. The van der Waals surface area contributed by atoms with Gasteiger partial charge in [0.15, 0.2) is 0 Å². The summed E-state index contributed by atoms with van der Waals surface area (Å²) in [4.78, 5) is 12.0. The van der Waals surface area contributed by atoms with Crippen LogP contribution in [0.1, 0.15) is 15.9 Å².